The number of benzene rings is 8. The van der Waals surface area contributed by atoms with Gasteiger partial charge in [0.2, 0.25) is 0 Å². The van der Waals surface area contributed by atoms with Crippen molar-refractivity contribution in [2.75, 3.05) is 0 Å². The summed E-state index contributed by atoms with van der Waals surface area (Å²) in [6.07, 6.45) is 0. The molecule has 256 valence electrons. The van der Waals surface area contributed by atoms with Crippen molar-refractivity contribution >= 4 is 42.4 Å². The van der Waals surface area contributed by atoms with E-state index >= 15 is 0 Å². The lowest BCUT2D eigenvalue weighted by atomic mass is 9.65. The minimum Gasteiger partial charge on any atom is -0.457 e. The van der Waals surface area contributed by atoms with Crippen LogP contribution in [-0.4, -0.2) is 9.97 Å². The van der Waals surface area contributed by atoms with E-state index in [0.717, 1.165) is 71.8 Å². The Balaban J connectivity index is 1.15. The number of rotatable bonds is 3. The van der Waals surface area contributed by atoms with Gasteiger partial charge in [-0.15, -0.1) is 11.3 Å². The van der Waals surface area contributed by atoms with E-state index in [0.29, 0.717) is 0 Å². The van der Waals surface area contributed by atoms with Crippen LogP contribution in [0.4, 0.5) is 0 Å². The monoisotopic (exact) mass is 718 g/mol. The van der Waals surface area contributed by atoms with Crippen LogP contribution in [0.15, 0.2) is 182 Å². The van der Waals surface area contributed by atoms with Crippen LogP contribution < -0.4 is 4.74 Å². The van der Waals surface area contributed by atoms with Gasteiger partial charge in [0, 0.05) is 32.3 Å². The minimum atomic E-state index is -0.602. The smallest absolute Gasteiger partial charge is 0.160 e. The summed E-state index contributed by atoms with van der Waals surface area (Å²) in [6.45, 7) is 0. The predicted octanol–water partition coefficient (Wildman–Crippen LogP) is 13.5. The second-order valence-electron chi connectivity index (χ2n) is 14.5. The van der Waals surface area contributed by atoms with Crippen LogP contribution in [0.5, 0.6) is 11.5 Å². The number of fused-ring (bicyclic) bond motifs is 13. The quantitative estimate of drug-likeness (QED) is 0.182. The van der Waals surface area contributed by atoms with Gasteiger partial charge in [-0.25, -0.2) is 9.97 Å². The minimum absolute atomic E-state index is 0.602. The van der Waals surface area contributed by atoms with Gasteiger partial charge in [-0.05, 0) is 80.6 Å². The van der Waals surface area contributed by atoms with Crippen LogP contribution in [0.2, 0.25) is 0 Å². The third kappa shape index (κ3) is 4.37. The average Bonchev–Trinajstić information content (AvgIpc) is 3.77. The van der Waals surface area contributed by atoms with Gasteiger partial charge in [-0.2, -0.15) is 0 Å². The zero-order valence-electron chi connectivity index (χ0n) is 29.5. The summed E-state index contributed by atoms with van der Waals surface area (Å²) in [5.41, 5.74) is 13.0. The van der Waals surface area contributed by atoms with Gasteiger partial charge < -0.3 is 4.74 Å². The highest BCUT2D eigenvalue weighted by Gasteiger charge is 2.51. The zero-order valence-corrected chi connectivity index (χ0v) is 30.3. The molecule has 4 heteroatoms. The molecular weight excluding hydrogens is 689 g/mol. The van der Waals surface area contributed by atoms with Crippen molar-refractivity contribution in [1.82, 2.24) is 9.97 Å². The van der Waals surface area contributed by atoms with Crippen LogP contribution in [0, 0.1) is 0 Å². The van der Waals surface area contributed by atoms with E-state index in [4.69, 9.17) is 14.7 Å². The Morgan fingerprint density at radius 2 is 1.15 bits per heavy atom. The lowest BCUT2D eigenvalue weighted by molar-refractivity contribution is 0.437. The number of nitrogens with zero attached hydrogens (tertiary/aromatic N) is 2. The summed E-state index contributed by atoms with van der Waals surface area (Å²) in [5, 5.41) is 3.50. The average molecular weight is 719 g/mol. The van der Waals surface area contributed by atoms with E-state index in [-0.39, 0.29) is 0 Å². The molecule has 10 aromatic rings. The predicted molar refractivity (Wildman–Crippen MR) is 226 cm³/mol. The lowest BCUT2D eigenvalue weighted by Crippen LogP contribution is -2.32. The molecule has 55 heavy (non-hydrogen) atoms. The van der Waals surface area contributed by atoms with E-state index in [9.17, 15) is 0 Å². The van der Waals surface area contributed by atoms with Crippen LogP contribution >= 0.6 is 11.3 Å². The molecule has 3 heterocycles. The van der Waals surface area contributed by atoms with E-state index in [2.05, 4.69) is 182 Å². The van der Waals surface area contributed by atoms with Gasteiger partial charge in [-0.3, -0.25) is 0 Å². The van der Waals surface area contributed by atoms with Gasteiger partial charge in [0.25, 0.3) is 0 Å². The van der Waals surface area contributed by atoms with Gasteiger partial charge >= 0.3 is 0 Å². The third-order valence-corrected chi connectivity index (χ3v) is 12.7. The molecule has 2 aromatic heterocycles. The first-order valence-electron chi connectivity index (χ1n) is 18.6. The molecule has 8 aromatic carbocycles. The molecule has 0 N–H and O–H groups in total. The number of thiophene rings is 1. The van der Waals surface area contributed by atoms with Crippen molar-refractivity contribution in [2.24, 2.45) is 0 Å². The summed E-state index contributed by atoms with van der Waals surface area (Å²) in [4.78, 5) is 10.8. The van der Waals surface area contributed by atoms with Gasteiger partial charge in [0.05, 0.1) is 21.3 Å². The molecule has 2 aliphatic rings. The number of hydrogen-bond acceptors (Lipinski definition) is 4. The summed E-state index contributed by atoms with van der Waals surface area (Å²) in [6, 6.07) is 65.3. The lowest BCUT2D eigenvalue weighted by Gasteiger charge is -2.39. The highest BCUT2D eigenvalue weighted by atomic mass is 32.1. The van der Waals surface area contributed by atoms with Crippen LogP contribution in [0.25, 0.3) is 76.0 Å². The SMILES string of the molecule is c1ccc(-c2cccc(-c3nc(-c4ccc5c(c4)C4(c6ccccc6Oc6cc7ccccc7cc64)c4ccccc4-5)c4sc5ccccc5c4n3)c2)cc1. The molecule has 0 radical (unpaired) electrons. The maximum absolute atomic E-state index is 6.80. The normalized spacial score (nSPS) is 15.1. The Morgan fingerprint density at radius 3 is 2.05 bits per heavy atom. The Labute approximate surface area is 321 Å². The van der Waals surface area contributed by atoms with Crippen molar-refractivity contribution < 1.29 is 4.74 Å². The van der Waals surface area contributed by atoms with Crippen molar-refractivity contribution in [1.29, 1.82) is 0 Å². The van der Waals surface area contributed by atoms with Gasteiger partial charge in [0.1, 0.15) is 11.5 Å². The first-order valence-corrected chi connectivity index (χ1v) is 19.5. The molecule has 0 saturated heterocycles. The molecule has 0 bridgehead atoms. The summed E-state index contributed by atoms with van der Waals surface area (Å²) >= 11 is 1.77. The van der Waals surface area contributed by atoms with Crippen molar-refractivity contribution in [2.45, 2.75) is 5.41 Å². The van der Waals surface area contributed by atoms with Gasteiger partial charge in [-0.1, -0.05) is 146 Å². The standard InChI is InChI=1S/C51H30N2OS/c1-2-13-31(14-3-1)32-17-12-18-36(27-32)50-52-47(49-48(53-50)39-20-7-11-24-46(39)55-49)35-25-26-38-37-19-6-8-21-40(37)51(42(38)29-35)41-22-9-10-23-44(41)54-45-30-34-16-5-4-15-33(34)28-43(45)51/h1-30H. The van der Waals surface area contributed by atoms with Crippen molar-refractivity contribution in [3.05, 3.63) is 204 Å². The zero-order chi connectivity index (χ0) is 36.1. The number of para-hydroxylation sites is 1. The second kappa shape index (κ2) is 11.6. The van der Waals surface area contributed by atoms with Crippen molar-refractivity contribution in [3.63, 3.8) is 0 Å². The Kier molecular flexibility index (Phi) is 6.42. The topological polar surface area (TPSA) is 35.0 Å². The van der Waals surface area contributed by atoms with E-state index in [1.165, 1.54) is 37.9 Å². The van der Waals surface area contributed by atoms with Crippen LogP contribution in [0.1, 0.15) is 22.3 Å². The molecule has 1 atom stereocenters. The van der Waals surface area contributed by atoms with Gasteiger partial charge in [0.15, 0.2) is 5.82 Å². The molecule has 3 nitrogen and oxygen atoms in total. The van der Waals surface area contributed by atoms with Crippen LogP contribution in [0.3, 0.4) is 0 Å². The Hall–Kier alpha value is -6.88. The van der Waals surface area contributed by atoms with Crippen molar-refractivity contribution in [3.8, 4) is 56.4 Å². The molecule has 0 saturated carbocycles. The fourth-order valence-corrected chi connectivity index (χ4v) is 10.3. The van der Waals surface area contributed by atoms with E-state index in [1.807, 2.05) is 0 Å². The molecule has 0 fully saturated rings. The number of hydrogen-bond donors (Lipinski definition) is 0. The first-order chi connectivity index (χ1) is 27.2. The Bertz CT molecular complexity index is 3200. The molecule has 12 rings (SSSR count). The highest BCUT2D eigenvalue weighted by Crippen LogP contribution is 2.63. The Morgan fingerprint density at radius 1 is 0.436 bits per heavy atom. The molecule has 1 spiro atoms. The highest BCUT2D eigenvalue weighted by molar-refractivity contribution is 7.26. The number of ether oxygens (including phenoxy) is 1. The largest absolute Gasteiger partial charge is 0.457 e. The third-order valence-electron chi connectivity index (χ3n) is 11.5. The molecule has 0 amide bonds. The maximum atomic E-state index is 6.80. The van der Waals surface area contributed by atoms with Crippen LogP contribution in [-0.2, 0) is 5.41 Å². The number of aromatic nitrogens is 2. The molecular formula is C51H30N2OS. The van der Waals surface area contributed by atoms with E-state index < -0.39 is 5.41 Å². The first kappa shape index (κ1) is 30.6. The summed E-state index contributed by atoms with van der Waals surface area (Å²) < 4.78 is 9.09. The fraction of sp³-hybridized carbons (Fsp3) is 0.0196. The summed E-state index contributed by atoms with van der Waals surface area (Å²) in [7, 11) is 0. The molecule has 1 aliphatic carbocycles. The molecule has 1 aliphatic heterocycles. The second-order valence-corrected chi connectivity index (χ2v) is 15.5. The van der Waals surface area contributed by atoms with E-state index in [1.54, 1.807) is 11.3 Å². The maximum Gasteiger partial charge on any atom is 0.160 e. The molecule has 1 unspecified atom stereocenters. The summed E-state index contributed by atoms with van der Waals surface area (Å²) in [5.74, 6) is 2.49. The fourth-order valence-electron chi connectivity index (χ4n) is 9.12.